The first kappa shape index (κ1) is 12.0. The molecule has 0 fully saturated rings. The summed E-state index contributed by atoms with van der Waals surface area (Å²) >= 11 is 0. The smallest absolute Gasteiger partial charge is 0.218 e. The summed E-state index contributed by atoms with van der Waals surface area (Å²) in [4.78, 5) is 0. The number of nitrogens with zero attached hydrogens (tertiary/aromatic N) is 1. The molecule has 2 aromatic carbocycles. The van der Waals surface area contributed by atoms with E-state index in [2.05, 4.69) is 59.4 Å². The van der Waals surface area contributed by atoms with Gasteiger partial charge in [-0.1, -0.05) is 36.4 Å². The molecule has 1 heterocycles. The maximum atomic E-state index is 2.16. The normalized spacial score (nSPS) is 9.88. The first-order valence-electron chi connectivity index (χ1n) is 5.39. The van der Waals surface area contributed by atoms with Gasteiger partial charge in [-0.3, -0.25) is 0 Å². The van der Waals surface area contributed by atoms with Crippen molar-refractivity contribution in [2.45, 2.75) is 0 Å². The molecule has 0 atom stereocenters. The molecule has 1 aromatic heterocycles. The zero-order chi connectivity index (χ0) is 10.8. The average Bonchev–Trinajstić information content (AvgIpc) is 2.39. The molecule has 3 rings (SSSR count). The minimum Gasteiger partial charge on any atom is -1.00 e. The number of pyridine rings is 1. The van der Waals surface area contributed by atoms with E-state index in [1.807, 2.05) is 18.2 Å². The first-order chi connectivity index (χ1) is 7.95. The molecule has 0 aliphatic carbocycles. The van der Waals surface area contributed by atoms with E-state index in [0.717, 1.165) is 0 Å². The van der Waals surface area contributed by atoms with E-state index >= 15 is 0 Å². The molecule has 84 valence electrons. The molecule has 17 heavy (non-hydrogen) atoms. The van der Waals surface area contributed by atoms with Crippen LogP contribution in [0.25, 0.3) is 16.5 Å². The summed E-state index contributed by atoms with van der Waals surface area (Å²) in [5.74, 6) is 0. The third-order valence-electron chi connectivity index (χ3n) is 2.76. The molecule has 0 saturated carbocycles. The van der Waals surface area contributed by atoms with Crippen LogP contribution in [0.4, 0.5) is 0 Å². The van der Waals surface area contributed by atoms with Crippen molar-refractivity contribution in [1.82, 2.24) is 0 Å². The number of hydrogen-bond donors (Lipinski definition) is 0. The van der Waals surface area contributed by atoms with Crippen LogP contribution in [0.3, 0.4) is 0 Å². The highest BCUT2D eigenvalue weighted by Crippen LogP contribution is 2.17. The van der Waals surface area contributed by atoms with Crippen LogP contribution in [0.5, 0.6) is 0 Å². The predicted molar refractivity (Wildman–Crippen MR) is 65.5 cm³/mol. The second-order valence-electron chi connectivity index (χ2n) is 3.78. The molecule has 3 aromatic rings. The Kier molecular flexibility index (Phi) is 3.74. The fourth-order valence-corrected chi connectivity index (χ4v) is 1.99. The van der Waals surface area contributed by atoms with Crippen molar-refractivity contribution in [3.05, 3.63) is 73.1 Å². The number of fused-ring (bicyclic) bond motifs is 1. The van der Waals surface area contributed by atoms with E-state index in [0.29, 0.717) is 0 Å². The first-order valence-corrected chi connectivity index (χ1v) is 5.39. The highest BCUT2D eigenvalue weighted by Gasteiger charge is 2.08. The summed E-state index contributed by atoms with van der Waals surface area (Å²) in [6.45, 7) is 0. The Bertz CT molecular complexity index is 615. The zero-order valence-electron chi connectivity index (χ0n) is 9.25. The molecule has 0 bridgehead atoms. The minimum absolute atomic E-state index is 0. The van der Waals surface area contributed by atoms with E-state index in [1.54, 1.807) is 0 Å². The lowest BCUT2D eigenvalue weighted by molar-refractivity contribution is -0.594. The van der Waals surface area contributed by atoms with E-state index in [9.17, 15) is 0 Å². The highest BCUT2D eigenvalue weighted by atomic mass is 127. The Morgan fingerprint density at radius 2 is 1.35 bits per heavy atom. The van der Waals surface area contributed by atoms with Crippen molar-refractivity contribution >= 4 is 10.8 Å². The summed E-state index contributed by atoms with van der Waals surface area (Å²) in [7, 11) is 0. The minimum atomic E-state index is 0. The van der Waals surface area contributed by atoms with Crippen LogP contribution in [0.15, 0.2) is 73.1 Å². The van der Waals surface area contributed by atoms with Crippen molar-refractivity contribution < 1.29 is 28.5 Å². The molecule has 0 amide bonds. The van der Waals surface area contributed by atoms with Crippen molar-refractivity contribution in [2.75, 3.05) is 0 Å². The lowest BCUT2D eigenvalue weighted by atomic mass is 10.1. The predicted octanol–water partition coefficient (Wildman–Crippen LogP) is 0.121. The topological polar surface area (TPSA) is 3.88 Å². The second kappa shape index (κ2) is 5.27. The molecular formula is C15H12IN. The van der Waals surface area contributed by atoms with Gasteiger partial charge in [0.25, 0.3) is 0 Å². The second-order valence-corrected chi connectivity index (χ2v) is 3.78. The van der Waals surface area contributed by atoms with Gasteiger partial charge in [-0.15, -0.1) is 0 Å². The summed E-state index contributed by atoms with van der Waals surface area (Å²) in [6.07, 6.45) is 4.14. The number of rotatable bonds is 1. The molecule has 2 heteroatoms. The lowest BCUT2D eigenvalue weighted by Crippen LogP contribution is -3.00. The Morgan fingerprint density at radius 1 is 0.647 bits per heavy atom. The van der Waals surface area contributed by atoms with E-state index in [-0.39, 0.29) is 24.0 Å². The Labute approximate surface area is 118 Å². The maximum Gasteiger partial charge on any atom is 0.218 e. The van der Waals surface area contributed by atoms with Gasteiger partial charge in [0.2, 0.25) is 5.69 Å². The summed E-state index contributed by atoms with van der Waals surface area (Å²) in [5.41, 5.74) is 1.22. The van der Waals surface area contributed by atoms with Gasteiger partial charge in [0.15, 0.2) is 12.4 Å². The van der Waals surface area contributed by atoms with Crippen LogP contribution in [-0.2, 0) is 0 Å². The lowest BCUT2D eigenvalue weighted by Gasteiger charge is -2.00. The Balaban J connectivity index is 0.00000108. The quantitative estimate of drug-likeness (QED) is 0.440. The van der Waals surface area contributed by atoms with Gasteiger partial charge in [0.05, 0.1) is 5.39 Å². The van der Waals surface area contributed by atoms with Crippen LogP contribution in [-0.4, -0.2) is 0 Å². The van der Waals surface area contributed by atoms with Crippen molar-refractivity contribution in [1.29, 1.82) is 0 Å². The van der Waals surface area contributed by atoms with Crippen molar-refractivity contribution in [3.63, 3.8) is 0 Å². The van der Waals surface area contributed by atoms with Gasteiger partial charge in [0.1, 0.15) is 0 Å². The molecule has 0 spiro atoms. The van der Waals surface area contributed by atoms with Gasteiger partial charge >= 0.3 is 0 Å². The summed E-state index contributed by atoms with van der Waals surface area (Å²) in [5, 5.41) is 2.55. The molecular weight excluding hydrogens is 321 g/mol. The van der Waals surface area contributed by atoms with Gasteiger partial charge in [-0.25, -0.2) is 0 Å². The van der Waals surface area contributed by atoms with Crippen LogP contribution < -0.4 is 28.5 Å². The van der Waals surface area contributed by atoms with E-state index < -0.39 is 0 Å². The molecule has 0 aliphatic rings. The molecule has 1 nitrogen and oxygen atoms in total. The van der Waals surface area contributed by atoms with Crippen LogP contribution in [0.1, 0.15) is 0 Å². The molecule has 0 unspecified atom stereocenters. The average molecular weight is 333 g/mol. The SMILES string of the molecule is [I-].c1cc[n+](-c2cccc3ccccc23)cc1. The molecule has 0 N–H and O–H groups in total. The van der Waals surface area contributed by atoms with E-state index in [1.165, 1.54) is 16.5 Å². The largest absolute Gasteiger partial charge is 1.00 e. The zero-order valence-corrected chi connectivity index (χ0v) is 11.4. The third kappa shape index (κ3) is 2.31. The molecule has 0 saturated heterocycles. The maximum absolute atomic E-state index is 2.16. The molecule has 0 aliphatic heterocycles. The number of benzene rings is 2. The summed E-state index contributed by atoms with van der Waals surface area (Å²) < 4.78 is 2.14. The number of halogens is 1. The van der Waals surface area contributed by atoms with Gasteiger partial charge < -0.3 is 24.0 Å². The fourth-order valence-electron chi connectivity index (χ4n) is 1.99. The van der Waals surface area contributed by atoms with Gasteiger partial charge in [-0.05, 0) is 11.5 Å². The van der Waals surface area contributed by atoms with Crippen molar-refractivity contribution in [3.8, 4) is 5.69 Å². The standard InChI is InChI=1S/C15H12N.HI/c1-4-11-16(12-5-1)15-10-6-8-13-7-2-3-9-14(13)15;/h1-12H;1H/q+1;/p-1. The van der Waals surface area contributed by atoms with Gasteiger partial charge in [-0.2, -0.15) is 4.57 Å². The van der Waals surface area contributed by atoms with Crippen LogP contribution in [0, 0.1) is 0 Å². The highest BCUT2D eigenvalue weighted by molar-refractivity contribution is 5.88. The number of hydrogen-bond acceptors (Lipinski definition) is 0. The summed E-state index contributed by atoms with van der Waals surface area (Å²) in [6, 6.07) is 20.9. The van der Waals surface area contributed by atoms with Crippen LogP contribution in [0.2, 0.25) is 0 Å². The van der Waals surface area contributed by atoms with Crippen LogP contribution >= 0.6 is 0 Å². The number of aromatic nitrogens is 1. The van der Waals surface area contributed by atoms with Gasteiger partial charge in [0, 0.05) is 18.2 Å². The molecule has 0 radical (unpaired) electrons. The van der Waals surface area contributed by atoms with Crippen molar-refractivity contribution in [2.24, 2.45) is 0 Å². The Morgan fingerprint density at radius 3 is 2.18 bits per heavy atom. The fraction of sp³-hybridized carbons (Fsp3) is 0. The third-order valence-corrected chi connectivity index (χ3v) is 2.76. The van der Waals surface area contributed by atoms with E-state index in [4.69, 9.17) is 0 Å². The Hall–Kier alpha value is -1.42. The monoisotopic (exact) mass is 333 g/mol.